The number of aliphatic hydroxyl groups excluding tert-OH is 1. The van der Waals surface area contributed by atoms with Crippen LogP contribution in [-0.4, -0.2) is 41.4 Å². The lowest BCUT2D eigenvalue weighted by Gasteiger charge is -2.34. The lowest BCUT2D eigenvalue weighted by molar-refractivity contribution is 0.178. The molecule has 0 aliphatic carbocycles. The first-order valence-corrected chi connectivity index (χ1v) is 5.87. The molecule has 0 aromatic rings. The highest BCUT2D eigenvalue weighted by atomic mass is 16.3. The van der Waals surface area contributed by atoms with E-state index in [1.165, 1.54) is 0 Å². The second-order valence-corrected chi connectivity index (χ2v) is 6.65. The number of aliphatic hydroxyl groups is 1. The van der Waals surface area contributed by atoms with Gasteiger partial charge in [0.05, 0.1) is 6.61 Å². The molecule has 0 aromatic heterocycles. The molecule has 1 atom stereocenters. The summed E-state index contributed by atoms with van der Waals surface area (Å²) in [5.41, 5.74) is 5.66. The minimum atomic E-state index is -0.320. The zero-order valence-electron chi connectivity index (χ0n) is 11.6. The van der Waals surface area contributed by atoms with Crippen LogP contribution in [0.15, 0.2) is 0 Å². The quantitative estimate of drug-likeness (QED) is 0.536. The van der Waals surface area contributed by atoms with Gasteiger partial charge in [0.1, 0.15) is 0 Å². The van der Waals surface area contributed by atoms with Crippen LogP contribution in [0.4, 0.5) is 0 Å². The fraction of sp³-hybridized carbons (Fsp3) is 1.00. The lowest BCUT2D eigenvalue weighted by Crippen LogP contribution is -2.59. The summed E-state index contributed by atoms with van der Waals surface area (Å²) in [6.07, 6.45) is 0. The van der Waals surface area contributed by atoms with Gasteiger partial charge in [-0.05, 0) is 41.5 Å². The third-order valence-corrected chi connectivity index (χ3v) is 2.39. The Balaban J connectivity index is 4.06. The fourth-order valence-electron chi connectivity index (χ4n) is 1.03. The molecule has 0 radical (unpaired) electrons. The SMILES string of the molecule is CC(N)(CNC(C)(C)C)CNC(C)(C)CO. The standard InChI is InChI=1S/C12H29N3O/c1-10(2,3)14-7-12(6,13)8-15-11(4,5)9-16/h14-16H,7-9,13H2,1-6H3. The summed E-state index contributed by atoms with van der Waals surface area (Å²) in [4.78, 5) is 0. The molecule has 16 heavy (non-hydrogen) atoms. The zero-order valence-corrected chi connectivity index (χ0v) is 11.6. The predicted molar refractivity (Wildman–Crippen MR) is 69.5 cm³/mol. The van der Waals surface area contributed by atoms with Gasteiger partial charge in [0.15, 0.2) is 0 Å². The van der Waals surface area contributed by atoms with Gasteiger partial charge in [-0.25, -0.2) is 0 Å². The third-order valence-electron chi connectivity index (χ3n) is 2.39. The van der Waals surface area contributed by atoms with E-state index >= 15 is 0 Å². The van der Waals surface area contributed by atoms with E-state index in [4.69, 9.17) is 10.8 Å². The van der Waals surface area contributed by atoms with Crippen LogP contribution in [0.2, 0.25) is 0 Å². The van der Waals surface area contributed by atoms with Crippen molar-refractivity contribution >= 4 is 0 Å². The van der Waals surface area contributed by atoms with E-state index < -0.39 is 0 Å². The highest BCUT2D eigenvalue weighted by Gasteiger charge is 2.24. The van der Waals surface area contributed by atoms with Crippen LogP contribution in [0.5, 0.6) is 0 Å². The van der Waals surface area contributed by atoms with E-state index in [0.29, 0.717) is 6.54 Å². The highest BCUT2D eigenvalue weighted by Crippen LogP contribution is 2.05. The molecule has 0 spiro atoms. The van der Waals surface area contributed by atoms with Crippen molar-refractivity contribution in [1.82, 2.24) is 10.6 Å². The Bertz CT molecular complexity index is 207. The van der Waals surface area contributed by atoms with E-state index in [2.05, 4.69) is 31.4 Å². The Morgan fingerprint density at radius 3 is 1.75 bits per heavy atom. The van der Waals surface area contributed by atoms with Gasteiger partial charge >= 0.3 is 0 Å². The van der Waals surface area contributed by atoms with Gasteiger partial charge < -0.3 is 21.5 Å². The van der Waals surface area contributed by atoms with Crippen LogP contribution in [0.25, 0.3) is 0 Å². The van der Waals surface area contributed by atoms with Crippen molar-refractivity contribution in [1.29, 1.82) is 0 Å². The smallest absolute Gasteiger partial charge is 0.0607 e. The molecular formula is C12H29N3O. The second kappa shape index (κ2) is 5.45. The van der Waals surface area contributed by atoms with E-state index in [1.807, 2.05) is 20.8 Å². The zero-order chi connectivity index (χ0) is 13.0. The summed E-state index contributed by atoms with van der Waals surface area (Å²) in [7, 11) is 0. The maximum Gasteiger partial charge on any atom is 0.0607 e. The van der Waals surface area contributed by atoms with Gasteiger partial charge in [0.25, 0.3) is 0 Å². The average molecular weight is 231 g/mol. The largest absolute Gasteiger partial charge is 0.394 e. The molecular weight excluding hydrogens is 202 g/mol. The first-order valence-electron chi connectivity index (χ1n) is 5.87. The predicted octanol–water partition coefficient (Wildman–Crippen LogP) is 0.452. The van der Waals surface area contributed by atoms with Crippen LogP contribution in [-0.2, 0) is 0 Å². The molecule has 0 aliphatic heterocycles. The highest BCUT2D eigenvalue weighted by molar-refractivity contribution is 4.90. The Labute approximate surface area is 100.0 Å². The molecule has 5 N–H and O–H groups in total. The van der Waals surface area contributed by atoms with E-state index in [-0.39, 0.29) is 23.2 Å². The number of rotatable bonds is 6. The lowest BCUT2D eigenvalue weighted by atomic mass is 9.98. The van der Waals surface area contributed by atoms with Crippen molar-refractivity contribution in [2.45, 2.75) is 58.2 Å². The molecule has 0 aromatic carbocycles. The second-order valence-electron chi connectivity index (χ2n) is 6.65. The van der Waals surface area contributed by atoms with Crippen LogP contribution in [0.3, 0.4) is 0 Å². The van der Waals surface area contributed by atoms with E-state index in [1.54, 1.807) is 0 Å². The molecule has 0 fully saturated rings. The Morgan fingerprint density at radius 1 is 0.938 bits per heavy atom. The van der Waals surface area contributed by atoms with Gasteiger partial charge in [0, 0.05) is 29.7 Å². The molecule has 0 saturated heterocycles. The molecule has 0 rings (SSSR count). The van der Waals surface area contributed by atoms with Crippen LogP contribution in [0, 0.1) is 0 Å². The van der Waals surface area contributed by atoms with Gasteiger partial charge in [-0.3, -0.25) is 0 Å². The van der Waals surface area contributed by atoms with Crippen molar-refractivity contribution in [3.05, 3.63) is 0 Å². The van der Waals surface area contributed by atoms with Crippen molar-refractivity contribution in [3.63, 3.8) is 0 Å². The summed E-state index contributed by atoms with van der Waals surface area (Å²) < 4.78 is 0. The molecule has 4 heteroatoms. The minimum absolute atomic E-state index is 0.0765. The summed E-state index contributed by atoms with van der Waals surface area (Å²) in [5, 5.41) is 15.8. The number of nitrogens with one attached hydrogen (secondary N) is 2. The van der Waals surface area contributed by atoms with Crippen molar-refractivity contribution in [2.75, 3.05) is 19.7 Å². The van der Waals surface area contributed by atoms with Crippen LogP contribution in [0.1, 0.15) is 41.5 Å². The van der Waals surface area contributed by atoms with Crippen molar-refractivity contribution < 1.29 is 5.11 Å². The normalized spacial score (nSPS) is 17.2. The topological polar surface area (TPSA) is 70.3 Å². The monoisotopic (exact) mass is 231 g/mol. The van der Waals surface area contributed by atoms with E-state index in [9.17, 15) is 0 Å². The van der Waals surface area contributed by atoms with Crippen LogP contribution >= 0.6 is 0 Å². The summed E-state index contributed by atoms with van der Waals surface area (Å²) in [6, 6.07) is 0. The number of nitrogens with two attached hydrogens (primary N) is 1. The summed E-state index contributed by atoms with van der Waals surface area (Å²) in [6.45, 7) is 13.8. The maximum absolute atomic E-state index is 9.13. The Hall–Kier alpha value is -0.160. The third kappa shape index (κ3) is 8.05. The molecule has 0 saturated carbocycles. The first-order chi connectivity index (χ1) is 6.97. The Kier molecular flexibility index (Phi) is 5.39. The molecule has 98 valence electrons. The van der Waals surface area contributed by atoms with Gasteiger partial charge in [-0.1, -0.05) is 0 Å². The number of hydrogen-bond donors (Lipinski definition) is 4. The maximum atomic E-state index is 9.13. The molecule has 0 heterocycles. The summed E-state index contributed by atoms with van der Waals surface area (Å²) in [5.74, 6) is 0. The molecule has 0 aliphatic rings. The first kappa shape index (κ1) is 15.8. The van der Waals surface area contributed by atoms with Gasteiger partial charge in [-0.15, -0.1) is 0 Å². The van der Waals surface area contributed by atoms with Crippen molar-refractivity contribution in [3.8, 4) is 0 Å². The van der Waals surface area contributed by atoms with Gasteiger partial charge in [-0.2, -0.15) is 0 Å². The number of hydrogen-bond acceptors (Lipinski definition) is 4. The van der Waals surface area contributed by atoms with Crippen LogP contribution < -0.4 is 16.4 Å². The minimum Gasteiger partial charge on any atom is -0.394 e. The average Bonchev–Trinajstić information content (AvgIpc) is 2.12. The van der Waals surface area contributed by atoms with Gasteiger partial charge in [0.2, 0.25) is 0 Å². The Morgan fingerprint density at radius 2 is 1.38 bits per heavy atom. The molecule has 4 nitrogen and oxygen atoms in total. The molecule has 0 amide bonds. The summed E-state index contributed by atoms with van der Waals surface area (Å²) >= 11 is 0. The fourth-order valence-corrected chi connectivity index (χ4v) is 1.03. The van der Waals surface area contributed by atoms with E-state index in [0.717, 1.165) is 6.54 Å². The van der Waals surface area contributed by atoms with Crippen molar-refractivity contribution in [2.24, 2.45) is 5.73 Å². The molecule has 1 unspecified atom stereocenters. The molecule has 0 bridgehead atoms.